The minimum Gasteiger partial charge on any atom is -0.338 e. The van der Waals surface area contributed by atoms with E-state index in [0.29, 0.717) is 22.6 Å². The molecule has 32 heavy (non-hydrogen) atoms. The van der Waals surface area contributed by atoms with Gasteiger partial charge < -0.3 is 4.57 Å². The Morgan fingerprint density at radius 2 is 1.44 bits per heavy atom. The van der Waals surface area contributed by atoms with Gasteiger partial charge in [0.15, 0.2) is 0 Å². The Kier molecular flexibility index (Phi) is 4.98. The molecule has 0 amide bonds. The third kappa shape index (κ3) is 3.35. The van der Waals surface area contributed by atoms with Crippen molar-refractivity contribution in [3.63, 3.8) is 0 Å². The molecule has 5 aromatic rings. The number of benzene rings is 3. The molecule has 0 spiro atoms. The van der Waals surface area contributed by atoms with E-state index in [0.717, 1.165) is 27.6 Å². The Hall–Kier alpha value is -3.57. The van der Waals surface area contributed by atoms with E-state index in [1.807, 2.05) is 91.3 Å². The maximum atomic E-state index is 13.7. The van der Waals surface area contributed by atoms with Gasteiger partial charge in [-0.3, -0.25) is 13.9 Å². The van der Waals surface area contributed by atoms with Gasteiger partial charge in [0.1, 0.15) is 5.52 Å². The summed E-state index contributed by atoms with van der Waals surface area (Å²) in [5, 5.41) is 1.54. The maximum absolute atomic E-state index is 13.7. The predicted molar refractivity (Wildman–Crippen MR) is 130 cm³/mol. The molecule has 2 heterocycles. The van der Waals surface area contributed by atoms with Crippen LogP contribution in [-0.4, -0.2) is 13.7 Å². The first-order valence-corrected chi connectivity index (χ1v) is 10.8. The molecule has 5 nitrogen and oxygen atoms in total. The second-order valence-electron chi connectivity index (χ2n) is 8.15. The minimum atomic E-state index is -0.324. The number of hydrogen-bond acceptors (Lipinski definition) is 2. The molecule has 0 aliphatic heterocycles. The fraction of sp³-hybridized carbons (Fsp3) is 0.154. The summed E-state index contributed by atoms with van der Waals surface area (Å²) in [6.07, 6.45) is 0. The van der Waals surface area contributed by atoms with Crippen LogP contribution in [0.4, 0.5) is 0 Å². The van der Waals surface area contributed by atoms with Gasteiger partial charge in [-0.05, 0) is 42.3 Å². The maximum Gasteiger partial charge on any atom is 0.332 e. The fourth-order valence-electron chi connectivity index (χ4n) is 4.34. The number of aryl methyl sites for hydroxylation is 2. The molecule has 0 fully saturated rings. The quantitative estimate of drug-likeness (QED) is 0.403. The highest BCUT2D eigenvalue weighted by Gasteiger charge is 2.20. The molecule has 160 valence electrons. The molecule has 0 N–H and O–H groups in total. The van der Waals surface area contributed by atoms with Crippen molar-refractivity contribution < 1.29 is 0 Å². The van der Waals surface area contributed by atoms with Crippen LogP contribution in [0.15, 0.2) is 82.4 Å². The first kappa shape index (κ1) is 20.3. The van der Waals surface area contributed by atoms with Crippen molar-refractivity contribution in [2.24, 2.45) is 7.05 Å². The number of fused-ring (bicyclic) bond motifs is 3. The number of aromatic nitrogens is 3. The van der Waals surface area contributed by atoms with Crippen molar-refractivity contribution in [2.45, 2.75) is 20.0 Å². The predicted octanol–water partition coefficient (Wildman–Crippen LogP) is 4.71. The second kappa shape index (κ2) is 7.84. The molecule has 0 atom stereocenters. The van der Waals surface area contributed by atoms with Gasteiger partial charge in [-0.15, -0.1) is 0 Å². The average Bonchev–Trinajstić information content (AvgIpc) is 3.08. The van der Waals surface area contributed by atoms with E-state index in [9.17, 15) is 9.59 Å². The SMILES string of the molecule is Cc1ccc2c(c1)c1c(c(=O)n(Cc3ccccc3)c(=O)n1Cc1ccc(Cl)cc1)n2C. The second-order valence-corrected chi connectivity index (χ2v) is 8.59. The summed E-state index contributed by atoms with van der Waals surface area (Å²) in [5.41, 5.74) is 4.42. The van der Waals surface area contributed by atoms with E-state index in [1.54, 1.807) is 4.57 Å². The van der Waals surface area contributed by atoms with Crippen molar-refractivity contribution in [3.05, 3.63) is 115 Å². The van der Waals surface area contributed by atoms with Crippen LogP contribution in [-0.2, 0) is 20.1 Å². The lowest BCUT2D eigenvalue weighted by molar-refractivity contribution is 0.633. The van der Waals surface area contributed by atoms with Gasteiger partial charge in [0, 0.05) is 17.5 Å². The van der Waals surface area contributed by atoms with Crippen molar-refractivity contribution in [3.8, 4) is 0 Å². The number of hydrogen-bond donors (Lipinski definition) is 0. The summed E-state index contributed by atoms with van der Waals surface area (Å²) in [6, 6.07) is 23.1. The van der Waals surface area contributed by atoms with E-state index in [-0.39, 0.29) is 17.8 Å². The van der Waals surface area contributed by atoms with Gasteiger partial charge in [0.05, 0.1) is 24.1 Å². The van der Waals surface area contributed by atoms with Crippen LogP contribution in [0.5, 0.6) is 0 Å². The highest BCUT2D eigenvalue weighted by Crippen LogP contribution is 2.27. The van der Waals surface area contributed by atoms with Crippen molar-refractivity contribution >= 4 is 33.5 Å². The molecule has 5 rings (SSSR count). The smallest absolute Gasteiger partial charge is 0.332 e. The van der Waals surface area contributed by atoms with Crippen LogP contribution >= 0.6 is 11.6 Å². The third-order valence-electron chi connectivity index (χ3n) is 5.95. The molecule has 2 aromatic heterocycles. The lowest BCUT2D eigenvalue weighted by Gasteiger charge is -2.13. The fourth-order valence-corrected chi connectivity index (χ4v) is 4.46. The molecule has 0 unspecified atom stereocenters. The van der Waals surface area contributed by atoms with Crippen LogP contribution in [0.1, 0.15) is 16.7 Å². The largest absolute Gasteiger partial charge is 0.338 e. The van der Waals surface area contributed by atoms with E-state index >= 15 is 0 Å². The summed E-state index contributed by atoms with van der Waals surface area (Å²) in [4.78, 5) is 27.3. The molecule has 0 aliphatic rings. The normalized spacial score (nSPS) is 11.5. The number of nitrogens with zero attached hydrogens (tertiary/aromatic N) is 3. The van der Waals surface area contributed by atoms with Gasteiger partial charge in [-0.25, -0.2) is 4.79 Å². The summed E-state index contributed by atoms with van der Waals surface area (Å²) < 4.78 is 4.94. The first-order chi connectivity index (χ1) is 15.4. The van der Waals surface area contributed by atoms with Crippen molar-refractivity contribution in [1.82, 2.24) is 13.7 Å². The van der Waals surface area contributed by atoms with E-state index in [2.05, 4.69) is 0 Å². The van der Waals surface area contributed by atoms with Gasteiger partial charge in [-0.1, -0.05) is 65.7 Å². The third-order valence-corrected chi connectivity index (χ3v) is 6.20. The molecule has 0 radical (unpaired) electrons. The molecular weight excluding hydrogens is 422 g/mol. The summed E-state index contributed by atoms with van der Waals surface area (Å²) in [5.74, 6) is 0. The Balaban J connectivity index is 1.85. The highest BCUT2D eigenvalue weighted by molar-refractivity contribution is 6.30. The average molecular weight is 444 g/mol. The molecule has 0 bridgehead atoms. The highest BCUT2D eigenvalue weighted by atomic mass is 35.5. The van der Waals surface area contributed by atoms with Crippen LogP contribution < -0.4 is 11.2 Å². The first-order valence-electron chi connectivity index (χ1n) is 10.4. The molecule has 6 heteroatoms. The lowest BCUT2D eigenvalue weighted by Crippen LogP contribution is -2.40. The van der Waals surface area contributed by atoms with Crippen molar-refractivity contribution in [1.29, 1.82) is 0 Å². The number of rotatable bonds is 4. The Morgan fingerprint density at radius 1 is 0.781 bits per heavy atom. The van der Waals surface area contributed by atoms with Gasteiger partial charge >= 0.3 is 5.69 Å². The van der Waals surface area contributed by atoms with Crippen LogP contribution in [0.25, 0.3) is 21.9 Å². The Morgan fingerprint density at radius 3 is 2.16 bits per heavy atom. The molecule has 3 aromatic carbocycles. The van der Waals surface area contributed by atoms with E-state index in [4.69, 9.17) is 11.6 Å². The van der Waals surface area contributed by atoms with Crippen LogP contribution in [0.2, 0.25) is 5.02 Å². The minimum absolute atomic E-state index is 0.218. The van der Waals surface area contributed by atoms with E-state index < -0.39 is 0 Å². The summed E-state index contributed by atoms with van der Waals surface area (Å²) in [6.45, 7) is 2.57. The van der Waals surface area contributed by atoms with Gasteiger partial charge in [-0.2, -0.15) is 0 Å². The summed E-state index contributed by atoms with van der Waals surface area (Å²) >= 11 is 6.06. The molecular formula is C26H22ClN3O2. The van der Waals surface area contributed by atoms with Gasteiger partial charge in [0.25, 0.3) is 5.56 Å². The van der Waals surface area contributed by atoms with Crippen LogP contribution in [0.3, 0.4) is 0 Å². The summed E-state index contributed by atoms with van der Waals surface area (Å²) in [7, 11) is 1.88. The monoisotopic (exact) mass is 443 g/mol. The molecule has 0 saturated heterocycles. The topological polar surface area (TPSA) is 48.9 Å². The molecule has 0 aliphatic carbocycles. The van der Waals surface area contributed by atoms with E-state index in [1.165, 1.54) is 4.57 Å². The zero-order chi connectivity index (χ0) is 22.4. The molecule has 0 saturated carbocycles. The van der Waals surface area contributed by atoms with Gasteiger partial charge in [0.2, 0.25) is 0 Å². The Bertz CT molecular complexity index is 1580. The Labute approximate surface area is 189 Å². The zero-order valence-electron chi connectivity index (χ0n) is 17.9. The van der Waals surface area contributed by atoms with Crippen molar-refractivity contribution in [2.75, 3.05) is 0 Å². The standard InChI is InChI=1S/C26H22ClN3O2/c1-17-8-13-22-21(14-17)23-24(28(22)2)25(31)30(16-18-6-4-3-5-7-18)26(32)29(23)15-19-9-11-20(27)12-10-19/h3-14H,15-16H2,1-2H3. The number of halogens is 1. The zero-order valence-corrected chi connectivity index (χ0v) is 18.6. The van der Waals surface area contributed by atoms with Crippen LogP contribution in [0, 0.1) is 6.92 Å². The lowest BCUT2D eigenvalue weighted by atomic mass is 10.1.